The first-order valence-corrected chi connectivity index (χ1v) is 6.84. The van der Waals surface area contributed by atoms with E-state index >= 15 is 0 Å². The van der Waals surface area contributed by atoms with Crippen molar-refractivity contribution in [2.45, 2.75) is 25.9 Å². The first-order valence-electron chi connectivity index (χ1n) is 6.84. The molecule has 1 heterocycles. The van der Waals surface area contributed by atoms with Crippen molar-refractivity contribution in [1.29, 1.82) is 0 Å². The largest absolute Gasteiger partial charge is 0.481 e. The van der Waals surface area contributed by atoms with Crippen LogP contribution < -0.4 is 10.1 Å². The monoisotopic (exact) mass is 267 g/mol. The van der Waals surface area contributed by atoms with Crippen molar-refractivity contribution in [2.75, 3.05) is 5.32 Å². The number of nitrogens with one attached hydrogen (secondary N) is 1. The van der Waals surface area contributed by atoms with Gasteiger partial charge in [0, 0.05) is 5.69 Å². The molecule has 1 amide bonds. The lowest BCUT2D eigenvalue weighted by molar-refractivity contribution is -0.122. The molecule has 0 spiro atoms. The van der Waals surface area contributed by atoms with Crippen LogP contribution in [0.4, 0.5) is 5.69 Å². The Hall–Kier alpha value is -2.29. The van der Waals surface area contributed by atoms with Gasteiger partial charge < -0.3 is 10.1 Å². The quantitative estimate of drug-likeness (QED) is 0.906. The number of hydrogen-bond acceptors (Lipinski definition) is 2. The predicted molar refractivity (Wildman–Crippen MR) is 79.0 cm³/mol. The lowest BCUT2D eigenvalue weighted by Crippen LogP contribution is -2.31. The first-order chi connectivity index (χ1) is 9.72. The van der Waals surface area contributed by atoms with E-state index in [1.807, 2.05) is 55.5 Å². The fourth-order valence-corrected chi connectivity index (χ4v) is 2.46. The molecule has 0 radical (unpaired) electrons. The number of amides is 1. The van der Waals surface area contributed by atoms with Crippen LogP contribution in [0.25, 0.3) is 0 Å². The number of anilines is 1. The Morgan fingerprint density at radius 2 is 2.00 bits per heavy atom. The molecule has 3 nitrogen and oxygen atoms in total. The number of para-hydroxylation sites is 1. The minimum Gasteiger partial charge on any atom is -0.481 e. The van der Waals surface area contributed by atoms with Crippen LogP contribution in [0.1, 0.15) is 17.5 Å². The number of carbonyl (C=O) groups excluding carboxylic acids is 1. The number of carbonyl (C=O) groups is 1. The number of benzene rings is 2. The highest BCUT2D eigenvalue weighted by Gasteiger charge is 2.24. The Bertz CT molecular complexity index is 636. The Balaban J connectivity index is 1.78. The zero-order valence-corrected chi connectivity index (χ0v) is 11.4. The zero-order valence-electron chi connectivity index (χ0n) is 11.4. The number of rotatable bonds is 2. The maximum Gasteiger partial charge on any atom is 0.265 e. The normalized spacial score (nSPS) is 17.9. The molecule has 0 saturated carbocycles. The van der Waals surface area contributed by atoms with Gasteiger partial charge in [0.2, 0.25) is 0 Å². The highest BCUT2D eigenvalue weighted by atomic mass is 16.5. The summed E-state index contributed by atoms with van der Waals surface area (Å²) in [7, 11) is 0. The Morgan fingerprint density at radius 1 is 1.15 bits per heavy atom. The molecule has 1 N–H and O–H groups in total. The molecular weight excluding hydrogens is 250 g/mol. The van der Waals surface area contributed by atoms with Crippen LogP contribution >= 0.6 is 0 Å². The van der Waals surface area contributed by atoms with Gasteiger partial charge in [-0.25, -0.2) is 0 Å². The van der Waals surface area contributed by atoms with E-state index in [0.717, 1.165) is 29.0 Å². The van der Waals surface area contributed by atoms with Crippen LogP contribution in [-0.2, 0) is 11.2 Å². The molecule has 1 unspecified atom stereocenters. The second-order valence-electron chi connectivity index (χ2n) is 5.11. The molecule has 0 bridgehead atoms. The third kappa shape index (κ3) is 2.67. The summed E-state index contributed by atoms with van der Waals surface area (Å²) in [6, 6.07) is 15.7. The van der Waals surface area contributed by atoms with Crippen molar-refractivity contribution in [3.63, 3.8) is 0 Å². The molecule has 0 fully saturated rings. The number of aryl methyl sites for hydroxylation is 2. The Labute approximate surface area is 118 Å². The molecule has 2 aromatic rings. The van der Waals surface area contributed by atoms with Crippen LogP contribution in [0.3, 0.4) is 0 Å². The molecule has 1 aliphatic rings. The van der Waals surface area contributed by atoms with E-state index in [1.54, 1.807) is 0 Å². The minimum atomic E-state index is -0.441. The second-order valence-corrected chi connectivity index (χ2v) is 5.11. The van der Waals surface area contributed by atoms with Crippen molar-refractivity contribution in [1.82, 2.24) is 0 Å². The van der Waals surface area contributed by atoms with E-state index in [1.165, 1.54) is 0 Å². The van der Waals surface area contributed by atoms with E-state index < -0.39 is 6.10 Å². The summed E-state index contributed by atoms with van der Waals surface area (Å²) in [5.41, 5.74) is 3.18. The summed E-state index contributed by atoms with van der Waals surface area (Å²) in [4.78, 5) is 12.2. The topological polar surface area (TPSA) is 38.3 Å². The third-order valence-electron chi connectivity index (χ3n) is 3.51. The van der Waals surface area contributed by atoms with Crippen LogP contribution in [0, 0.1) is 6.92 Å². The van der Waals surface area contributed by atoms with Crippen molar-refractivity contribution >= 4 is 11.6 Å². The third-order valence-corrected chi connectivity index (χ3v) is 3.51. The van der Waals surface area contributed by atoms with Crippen LogP contribution in [-0.4, -0.2) is 12.0 Å². The zero-order chi connectivity index (χ0) is 13.9. The molecule has 0 aliphatic carbocycles. The molecule has 102 valence electrons. The van der Waals surface area contributed by atoms with Gasteiger partial charge in [-0.15, -0.1) is 0 Å². The summed E-state index contributed by atoms with van der Waals surface area (Å²) < 4.78 is 5.85. The summed E-state index contributed by atoms with van der Waals surface area (Å²) in [5, 5.41) is 2.94. The maximum atomic E-state index is 12.2. The number of hydrogen-bond donors (Lipinski definition) is 1. The van der Waals surface area contributed by atoms with Crippen molar-refractivity contribution < 1.29 is 9.53 Å². The molecule has 1 atom stereocenters. The second kappa shape index (κ2) is 5.37. The highest BCUT2D eigenvalue weighted by molar-refractivity contribution is 5.95. The fourth-order valence-electron chi connectivity index (χ4n) is 2.46. The Kier molecular flexibility index (Phi) is 3.42. The predicted octanol–water partition coefficient (Wildman–Crippen LogP) is 3.33. The molecule has 2 aromatic carbocycles. The molecule has 0 aromatic heterocycles. The average Bonchev–Trinajstić information content (AvgIpc) is 2.59. The summed E-state index contributed by atoms with van der Waals surface area (Å²) >= 11 is 0. The standard InChI is InChI=1S/C17H17NO2/c1-12-5-4-7-14(11-12)20-16-10-9-13-6-2-3-8-15(13)18-17(16)19/h2-8,11,16H,9-10H2,1H3,(H,18,19). The van der Waals surface area contributed by atoms with Crippen molar-refractivity contribution in [3.05, 3.63) is 59.7 Å². The average molecular weight is 267 g/mol. The molecule has 3 rings (SSSR count). The molecule has 3 heteroatoms. The van der Waals surface area contributed by atoms with Crippen LogP contribution in [0.5, 0.6) is 5.75 Å². The molecule has 1 aliphatic heterocycles. The van der Waals surface area contributed by atoms with Gasteiger partial charge in [-0.05, 0) is 49.1 Å². The summed E-state index contributed by atoms with van der Waals surface area (Å²) in [6.07, 6.45) is 1.09. The lowest BCUT2D eigenvalue weighted by Gasteiger charge is -2.16. The van der Waals surface area contributed by atoms with E-state index in [9.17, 15) is 4.79 Å². The smallest absolute Gasteiger partial charge is 0.265 e. The SMILES string of the molecule is Cc1cccc(OC2CCc3ccccc3NC2=O)c1. The van der Waals surface area contributed by atoms with Gasteiger partial charge in [0.05, 0.1) is 0 Å². The maximum absolute atomic E-state index is 12.2. The highest BCUT2D eigenvalue weighted by Crippen LogP contribution is 2.24. The van der Waals surface area contributed by atoms with Gasteiger partial charge in [0.1, 0.15) is 5.75 Å². The van der Waals surface area contributed by atoms with Crippen LogP contribution in [0.15, 0.2) is 48.5 Å². The van der Waals surface area contributed by atoms with Gasteiger partial charge in [-0.3, -0.25) is 4.79 Å². The minimum absolute atomic E-state index is 0.0727. The van der Waals surface area contributed by atoms with Gasteiger partial charge in [-0.2, -0.15) is 0 Å². The molecular formula is C17H17NO2. The van der Waals surface area contributed by atoms with Gasteiger partial charge >= 0.3 is 0 Å². The fraction of sp³-hybridized carbons (Fsp3) is 0.235. The Morgan fingerprint density at radius 3 is 2.85 bits per heavy atom. The van der Waals surface area contributed by atoms with E-state index in [4.69, 9.17) is 4.74 Å². The lowest BCUT2D eigenvalue weighted by atomic mass is 10.1. The van der Waals surface area contributed by atoms with Gasteiger partial charge in [0.25, 0.3) is 5.91 Å². The first kappa shape index (κ1) is 12.7. The van der Waals surface area contributed by atoms with Gasteiger partial charge in [0.15, 0.2) is 6.10 Å². The van der Waals surface area contributed by atoms with Crippen molar-refractivity contribution in [3.8, 4) is 5.75 Å². The van der Waals surface area contributed by atoms with E-state index in [-0.39, 0.29) is 5.91 Å². The van der Waals surface area contributed by atoms with E-state index in [0.29, 0.717) is 6.42 Å². The van der Waals surface area contributed by atoms with E-state index in [2.05, 4.69) is 5.32 Å². The summed E-state index contributed by atoms with van der Waals surface area (Å²) in [6.45, 7) is 2.01. The number of fused-ring (bicyclic) bond motifs is 1. The molecule has 0 saturated heterocycles. The van der Waals surface area contributed by atoms with Crippen molar-refractivity contribution in [2.24, 2.45) is 0 Å². The van der Waals surface area contributed by atoms with Crippen LogP contribution in [0.2, 0.25) is 0 Å². The molecule has 20 heavy (non-hydrogen) atoms. The van der Waals surface area contributed by atoms with Gasteiger partial charge in [-0.1, -0.05) is 30.3 Å². The number of ether oxygens (including phenoxy) is 1. The summed E-state index contributed by atoms with van der Waals surface area (Å²) in [5.74, 6) is 0.674.